The normalized spacial score (nSPS) is 22.8. The van der Waals surface area contributed by atoms with E-state index >= 15 is 0 Å². The summed E-state index contributed by atoms with van der Waals surface area (Å²) in [4.78, 5) is 27.5. The van der Waals surface area contributed by atoms with E-state index < -0.39 is 29.7 Å². The third-order valence-corrected chi connectivity index (χ3v) is 7.19. The fraction of sp³-hybridized carbons (Fsp3) is 0.517. The van der Waals surface area contributed by atoms with Crippen LogP contribution in [0.4, 0.5) is 8.78 Å². The van der Waals surface area contributed by atoms with Crippen molar-refractivity contribution >= 4 is 11.8 Å². The van der Waals surface area contributed by atoms with Crippen molar-refractivity contribution < 1.29 is 28.2 Å². The van der Waals surface area contributed by atoms with Gasteiger partial charge in [-0.05, 0) is 60.7 Å². The second kappa shape index (κ2) is 13.1. The minimum absolute atomic E-state index is 0.0296. The second-order valence-corrected chi connectivity index (χ2v) is 10.2. The number of hydrogen-bond donors (Lipinski definition) is 3. The Bertz CT molecular complexity index is 1070. The molecule has 0 aromatic heterocycles. The molecule has 5 atom stereocenters. The number of aliphatic hydroxyl groups excluding tert-OH is 1. The van der Waals surface area contributed by atoms with Gasteiger partial charge in [-0.15, -0.1) is 0 Å². The second-order valence-electron chi connectivity index (χ2n) is 10.2. The predicted molar refractivity (Wildman–Crippen MR) is 137 cm³/mol. The van der Waals surface area contributed by atoms with Crippen LogP contribution in [0, 0.1) is 29.7 Å². The summed E-state index contributed by atoms with van der Waals surface area (Å²) in [6, 6.07) is 13.0. The summed E-state index contributed by atoms with van der Waals surface area (Å²) in [6.07, 6.45) is 1.52. The number of unbranched alkanes of at least 4 members (excludes halogenated alkanes) is 1. The molecule has 0 aliphatic carbocycles. The number of aliphatic hydroxyl groups is 1. The largest absolute Gasteiger partial charge is 0.389 e. The van der Waals surface area contributed by atoms with E-state index in [0.717, 1.165) is 24.5 Å². The molecule has 7 nitrogen and oxygen atoms in total. The van der Waals surface area contributed by atoms with Gasteiger partial charge in [0.2, 0.25) is 11.8 Å². The molecule has 2 aliphatic rings. The first-order valence-electron chi connectivity index (χ1n) is 13.2. The van der Waals surface area contributed by atoms with Gasteiger partial charge in [0.25, 0.3) is 0 Å². The van der Waals surface area contributed by atoms with Crippen LogP contribution in [0.2, 0.25) is 0 Å². The average Bonchev–Trinajstić information content (AvgIpc) is 3.50. The van der Waals surface area contributed by atoms with Crippen LogP contribution in [0.15, 0.2) is 36.4 Å². The van der Waals surface area contributed by atoms with Gasteiger partial charge < -0.3 is 25.4 Å². The standard InChI is InChI=1S/C29H35F2N3O4/c1-2-3-9-38-24-15-25(32-16-24)28(36)26(12-20-10-22(30)14-23(31)11-20)33-29(37)21-13-27(35)34(18-21)17-19-7-5-4-6-8-19/h5,7-8,10-11,14,21,24-26,28,32,36H,2-3,9,12-13,15-18H2,1H3,(H,33,37)/t21?,24-,25-,26+,28-/m1/s1. The highest BCUT2D eigenvalue weighted by Crippen LogP contribution is 2.23. The molecule has 3 N–H and O–H groups in total. The fourth-order valence-corrected chi connectivity index (χ4v) is 5.13. The lowest BCUT2D eigenvalue weighted by molar-refractivity contribution is -0.129. The summed E-state index contributed by atoms with van der Waals surface area (Å²) in [7, 11) is 0. The third kappa shape index (κ3) is 7.50. The van der Waals surface area contributed by atoms with Gasteiger partial charge in [-0.2, -0.15) is 0 Å². The highest BCUT2D eigenvalue weighted by Gasteiger charge is 2.39. The van der Waals surface area contributed by atoms with E-state index in [1.54, 1.807) is 17.0 Å². The van der Waals surface area contributed by atoms with E-state index in [2.05, 4.69) is 29.7 Å². The lowest BCUT2D eigenvalue weighted by atomic mass is 9.94. The summed E-state index contributed by atoms with van der Waals surface area (Å²) in [5.41, 5.74) is 1.21. The van der Waals surface area contributed by atoms with Gasteiger partial charge in [0.1, 0.15) is 11.6 Å². The van der Waals surface area contributed by atoms with Gasteiger partial charge in [0, 0.05) is 44.8 Å². The van der Waals surface area contributed by atoms with Crippen molar-refractivity contribution in [1.82, 2.24) is 15.5 Å². The lowest BCUT2D eigenvalue weighted by Crippen LogP contribution is -2.53. The molecule has 2 fully saturated rings. The molecule has 2 aromatic rings. The van der Waals surface area contributed by atoms with E-state index in [1.807, 2.05) is 6.07 Å². The van der Waals surface area contributed by atoms with Gasteiger partial charge in [0.15, 0.2) is 0 Å². The number of amides is 2. The number of rotatable bonds is 12. The third-order valence-electron chi connectivity index (χ3n) is 7.19. The lowest BCUT2D eigenvalue weighted by Gasteiger charge is -2.29. The number of hydrogen-bond acceptors (Lipinski definition) is 5. The van der Waals surface area contributed by atoms with Crippen molar-refractivity contribution in [2.45, 2.75) is 69.9 Å². The molecule has 1 unspecified atom stereocenters. The van der Waals surface area contributed by atoms with Crippen molar-refractivity contribution in [3.63, 3.8) is 0 Å². The van der Waals surface area contributed by atoms with Crippen LogP contribution >= 0.6 is 0 Å². The van der Waals surface area contributed by atoms with Crippen molar-refractivity contribution in [1.29, 1.82) is 0 Å². The number of carbonyl (C=O) groups is 2. The van der Waals surface area contributed by atoms with Crippen LogP contribution < -0.4 is 10.6 Å². The Balaban J connectivity index is 1.43. The molecule has 2 amide bonds. The first-order valence-corrected chi connectivity index (χ1v) is 13.2. The van der Waals surface area contributed by atoms with Crippen molar-refractivity contribution in [2.75, 3.05) is 19.7 Å². The Labute approximate surface area is 222 Å². The molecule has 2 saturated heterocycles. The summed E-state index contributed by atoms with van der Waals surface area (Å²) in [5, 5.41) is 17.4. The zero-order valence-corrected chi connectivity index (χ0v) is 21.6. The Hall–Kier alpha value is -3.06. The summed E-state index contributed by atoms with van der Waals surface area (Å²) < 4.78 is 33.7. The molecule has 0 saturated carbocycles. The maximum absolute atomic E-state index is 13.9. The molecule has 2 aromatic carbocycles. The van der Waals surface area contributed by atoms with E-state index in [-0.39, 0.29) is 43.3 Å². The highest BCUT2D eigenvalue weighted by molar-refractivity contribution is 5.89. The average molecular weight is 528 g/mol. The van der Waals surface area contributed by atoms with Crippen LogP contribution in [0.3, 0.4) is 0 Å². The molecule has 9 heteroatoms. The zero-order chi connectivity index (χ0) is 27.1. The first kappa shape index (κ1) is 28.0. The summed E-state index contributed by atoms with van der Waals surface area (Å²) in [5.74, 6) is -2.55. The molecule has 204 valence electrons. The monoisotopic (exact) mass is 527 g/mol. The molecule has 0 radical (unpaired) electrons. The van der Waals surface area contributed by atoms with Crippen LogP contribution in [-0.2, 0) is 27.3 Å². The first-order chi connectivity index (χ1) is 18.3. The van der Waals surface area contributed by atoms with E-state index in [4.69, 9.17) is 4.74 Å². The zero-order valence-electron chi connectivity index (χ0n) is 21.6. The van der Waals surface area contributed by atoms with Crippen LogP contribution in [0.1, 0.15) is 43.7 Å². The molecule has 4 rings (SSSR count). The van der Waals surface area contributed by atoms with Gasteiger partial charge in [-0.3, -0.25) is 9.59 Å². The molecule has 0 spiro atoms. The van der Waals surface area contributed by atoms with Crippen molar-refractivity contribution in [3.8, 4) is 0 Å². The Morgan fingerprint density at radius 2 is 2.05 bits per heavy atom. The van der Waals surface area contributed by atoms with Crippen molar-refractivity contribution in [3.05, 3.63) is 71.3 Å². The summed E-state index contributed by atoms with van der Waals surface area (Å²) in [6.45, 7) is 3.91. The number of ether oxygens (including phenoxy) is 1. The van der Waals surface area contributed by atoms with E-state index in [9.17, 15) is 23.5 Å². The van der Waals surface area contributed by atoms with Gasteiger partial charge >= 0.3 is 0 Å². The molecular formula is C29H35F2N3O4. The minimum atomic E-state index is -1.03. The maximum Gasteiger partial charge on any atom is 0.225 e. The van der Waals surface area contributed by atoms with Crippen LogP contribution in [-0.4, -0.2) is 65.8 Å². The number of nitrogens with zero attached hydrogens (tertiary/aromatic N) is 1. The number of benzene rings is 1. The van der Waals surface area contributed by atoms with Gasteiger partial charge in [-0.1, -0.05) is 25.5 Å². The molecule has 38 heavy (non-hydrogen) atoms. The Morgan fingerprint density at radius 3 is 2.76 bits per heavy atom. The Kier molecular flexibility index (Phi) is 9.67. The van der Waals surface area contributed by atoms with E-state index in [1.165, 1.54) is 12.1 Å². The van der Waals surface area contributed by atoms with Crippen LogP contribution in [0.25, 0.3) is 0 Å². The smallest absolute Gasteiger partial charge is 0.225 e. The number of nitrogens with one attached hydrogen (secondary N) is 2. The SMILES string of the molecule is CCCCO[C@H]1CN[C@@H]([C@@H](O)[C@H](Cc2cc(F)cc(F)c2)NC(=O)C2CC(=O)N(Cc3cc#ccc3)C2)C1. The Morgan fingerprint density at radius 1 is 1.26 bits per heavy atom. The maximum atomic E-state index is 13.9. The fourth-order valence-electron chi connectivity index (χ4n) is 5.13. The van der Waals surface area contributed by atoms with Gasteiger partial charge in [-0.25, -0.2) is 8.78 Å². The van der Waals surface area contributed by atoms with Crippen molar-refractivity contribution in [2.24, 2.45) is 5.92 Å². The van der Waals surface area contributed by atoms with Crippen LogP contribution in [0.5, 0.6) is 0 Å². The molecular weight excluding hydrogens is 492 g/mol. The van der Waals surface area contributed by atoms with E-state index in [0.29, 0.717) is 31.7 Å². The molecule has 0 bridgehead atoms. The number of likely N-dealkylation sites (tertiary alicyclic amines) is 1. The minimum Gasteiger partial charge on any atom is -0.389 e. The topological polar surface area (TPSA) is 90.9 Å². The predicted octanol–water partition coefficient (Wildman–Crippen LogP) is 2.55. The quantitative estimate of drug-likeness (QED) is 0.369. The van der Waals surface area contributed by atoms with Gasteiger partial charge in [0.05, 0.1) is 24.2 Å². The highest BCUT2D eigenvalue weighted by atomic mass is 19.1. The summed E-state index contributed by atoms with van der Waals surface area (Å²) >= 11 is 0. The number of halogens is 2. The molecule has 2 aliphatic heterocycles. The molecule has 2 heterocycles. The number of carbonyl (C=O) groups excluding carboxylic acids is 2.